The number of carbonyl (C=O) groups is 2. The van der Waals surface area contributed by atoms with E-state index < -0.39 is 11.9 Å². The molecule has 0 saturated carbocycles. The molecule has 1 aliphatic rings. The summed E-state index contributed by atoms with van der Waals surface area (Å²) in [4.78, 5) is 29.4. The number of hydrogen-bond donors (Lipinski definition) is 2. The van der Waals surface area contributed by atoms with Crippen LogP contribution in [0.25, 0.3) is 0 Å². The molecule has 2 heterocycles. The van der Waals surface area contributed by atoms with Gasteiger partial charge in [0.1, 0.15) is 5.82 Å². The first-order chi connectivity index (χ1) is 13.1. The van der Waals surface area contributed by atoms with Crippen molar-refractivity contribution in [3.63, 3.8) is 0 Å². The summed E-state index contributed by atoms with van der Waals surface area (Å²) < 4.78 is 2.06. The molecule has 27 heavy (non-hydrogen) atoms. The molecular formula is C20H26N4O3. The Morgan fingerprint density at radius 2 is 2.07 bits per heavy atom. The predicted molar refractivity (Wildman–Crippen MR) is 101 cm³/mol. The number of hydrogen-bond acceptors (Lipinski definition) is 3. The molecule has 2 N–H and O–H groups in total. The van der Waals surface area contributed by atoms with Crippen molar-refractivity contribution < 1.29 is 14.7 Å². The van der Waals surface area contributed by atoms with Gasteiger partial charge in [0.15, 0.2) is 0 Å². The van der Waals surface area contributed by atoms with Crippen molar-refractivity contribution >= 4 is 12.0 Å². The van der Waals surface area contributed by atoms with E-state index in [0.717, 1.165) is 31.6 Å². The summed E-state index contributed by atoms with van der Waals surface area (Å²) >= 11 is 0. The minimum atomic E-state index is -0.832. The van der Waals surface area contributed by atoms with Crippen LogP contribution in [0.5, 0.6) is 0 Å². The summed E-state index contributed by atoms with van der Waals surface area (Å²) in [6.07, 6.45) is 7.01. The second kappa shape index (κ2) is 9.21. The Hall–Kier alpha value is -2.83. The van der Waals surface area contributed by atoms with Crippen molar-refractivity contribution in [1.29, 1.82) is 0 Å². The van der Waals surface area contributed by atoms with Crippen LogP contribution in [-0.4, -0.2) is 44.6 Å². The number of rotatable bonds is 7. The molecule has 1 unspecified atom stereocenters. The van der Waals surface area contributed by atoms with Crippen molar-refractivity contribution in [2.45, 2.75) is 38.8 Å². The molecule has 1 fully saturated rings. The highest BCUT2D eigenvalue weighted by Gasteiger charge is 2.28. The topological polar surface area (TPSA) is 87.5 Å². The fraction of sp³-hybridized carbons (Fsp3) is 0.450. The van der Waals surface area contributed by atoms with Crippen molar-refractivity contribution in [2.75, 3.05) is 13.1 Å². The van der Waals surface area contributed by atoms with Gasteiger partial charge in [0.25, 0.3) is 0 Å². The lowest BCUT2D eigenvalue weighted by molar-refractivity contribution is -0.143. The van der Waals surface area contributed by atoms with Crippen LogP contribution in [0.1, 0.15) is 30.7 Å². The zero-order valence-electron chi connectivity index (χ0n) is 15.4. The number of aliphatic carboxylic acids is 1. The highest BCUT2D eigenvalue weighted by Crippen LogP contribution is 2.16. The summed E-state index contributed by atoms with van der Waals surface area (Å²) in [6.45, 7) is 2.05. The predicted octanol–water partition coefficient (Wildman–Crippen LogP) is 2.52. The Kier molecular flexibility index (Phi) is 6.46. The highest BCUT2D eigenvalue weighted by molar-refractivity contribution is 5.76. The number of aryl methyl sites for hydroxylation is 2. The second-order valence-corrected chi connectivity index (χ2v) is 6.91. The normalized spacial score (nSPS) is 16.9. The third-order valence-corrected chi connectivity index (χ3v) is 4.96. The number of amides is 2. The Morgan fingerprint density at radius 3 is 2.85 bits per heavy atom. The fourth-order valence-corrected chi connectivity index (χ4v) is 3.44. The van der Waals surface area contributed by atoms with E-state index in [1.165, 1.54) is 5.56 Å². The molecule has 3 rings (SSSR count). The maximum Gasteiger partial charge on any atom is 0.317 e. The number of likely N-dealkylation sites (tertiary alicyclic amines) is 1. The molecule has 0 aliphatic carbocycles. The van der Waals surface area contributed by atoms with Crippen LogP contribution in [0.15, 0.2) is 42.7 Å². The number of piperidine rings is 1. The van der Waals surface area contributed by atoms with Gasteiger partial charge in [0.2, 0.25) is 0 Å². The zero-order valence-corrected chi connectivity index (χ0v) is 15.4. The third-order valence-electron chi connectivity index (χ3n) is 4.96. The van der Waals surface area contributed by atoms with Crippen molar-refractivity contribution in [3.05, 3.63) is 54.1 Å². The van der Waals surface area contributed by atoms with Crippen LogP contribution < -0.4 is 5.32 Å². The molecule has 2 amide bonds. The molecule has 1 aliphatic heterocycles. The minimum absolute atomic E-state index is 0.222. The van der Waals surface area contributed by atoms with Crippen LogP contribution in [0.3, 0.4) is 0 Å². The summed E-state index contributed by atoms with van der Waals surface area (Å²) in [7, 11) is 0. The lowest BCUT2D eigenvalue weighted by Crippen LogP contribution is -2.47. The number of imidazole rings is 1. The number of carboxylic acids is 1. The fourth-order valence-electron chi connectivity index (χ4n) is 3.44. The van der Waals surface area contributed by atoms with Gasteiger partial charge in [-0.15, -0.1) is 0 Å². The minimum Gasteiger partial charge on any atom is -0.481 e. The van der Waals surface area contributed by atoms with Gasteiger partial charge in [-0.3, -0.25) is 4.79 Å². The lowest BCUT2D eigenvalue weighted by Gasteiger charge is -2.30. The Balaban J connectivity index is 1.46. The first-order valence-corrected chi connectivity index (χ1v) is 9.43. The van der Waals surface area contributed by atoms with Gasteiger partial charge in [0.05, 0.1) is 12.5 Å². The molecule has 1 aromatic heterocycles. The van der Waals surface area contributed by atoms with Crippen LogP contribution in [-0.2, 0) is 24.3 Å². The Morgan fingerprint density at radius 1 is 1.26 bits per heavy atom. The maximum atomic E-state index is 12.4. The Bertz CT molecular complexity index is 760. The second-order valence-electron chi connectivity index (χ2n) is 6.91. The molecule has 0 bridgehead atoms. The van der Waals surface area contributed by atoms with Gasteiger partial charge >= 0.3 is 12.0 Å². The highest BCUT2D eigenvalue weighted by atomic mass is 16.4. The van der Waals surface area contributed by atoms with Gasteiger partial charge in [-0.25, -0.2) is 9.78 Å². The number of carboxylic acid groups (broad SMARTS) is 1. The molecule has 0 spiro atoms. The van der Waals surface area contributed by atoms with Gasteiger partial charge in [0, 0.05) is 32.0 Å². The number of nitrogens with zero attached hydrogens (tertiary/aromatic N) is 3. The van der Waals surface area contributed by atoms with E-state index in [-0.39, 0.29) is 12.6 Å². The maximum absolute atomic E-state index is 12.4. The monoisotopic (exact) mass is 370 g/mol. The van der Waals surface area contributed by atoms with Gasteiger partial charge < -0.3 is 19.9 Å². The van der Waals surface area contributed by atoms with Crippen molar-refractivity contribution in [3.8, 4) is 0 Å². The molecule has 144 valence electrons. The molecule has 2 aromatic rings. The number of aromatic nitrogens is 2. The molecule has 1 aromatic carbocycles. The number of benzene rings is 1. The SMILES string of the molecule is O=C(O)C1CCCN(C(=O)NCc2nccn2CCCc2ccccc2)C1. The average Bonchev–Trinajstić information content (AvgIpc) is 3.14. The molecule has 7 nitrogen and oxygen atoms in total. The van der Waals surface area contributed by atoms with Crippen LogP contribution in [0.4, 0.5) is 4.79 Å². The number of nitrogens with one attached hydrogen (secondary N) is 1. The lowest BCUT2D eigenvalue weighted by atomic mass is 9.99. The van der Waals surface area contributed by atoms with Crippen molar-refractivity contribution in [2.24, 2.45) is 5.92 Å². The van der Waals surface area contributed by atoms with Crippen LogP contribution in [0.2, 0.25) is 0 Å². The van der Waals surface area contributed by atoms with E-state index in [0.29, 0.717) is 19.5 Å². The molecule has 1 atom stereocenters. The summed E-state index contributed by atoms with van der Waals surface area (Å²) in [5.74, 6) is -0.492. The molecule has 1 saturated heterocycles. The van der Waals surface area contributed by atoms with Gasteiger partial charge in [-0.2, -0.15) is 0 Å². The van der Waals surface area contributed by atoms with E-state index in [2.05, 4.69) is 27.0 Å². The van der Waals surface area contributed by atoms with E-state index in [9.17, 15) is 9.59 Å². The smallest absolute Gasteiger partial charge is 0.317 e. The largest absolute Gasteiger partial charge is 0.481 e. The standard InChI is InChI=1S/C20H26N4O3/c25-19(26)17-9-5-12-24(15-17)20(27)22-14-18-21-10-13-23(18)11-4-8-16-6-2-1-3-7-16/h1-3,6-7,10,13,17H,4-5,8-9,11-12,14-15H2,(H,22,27)(H,25,26). The van der Waals surface area contributed by atoms with Crippen LogP contribution in [0, 0.1) is 5.92 Å². The number of carbonyl (C=O) groups excluding carboxylic acids is 1. The first kappa shape index (κ1) is 18.9. The zero-order chi connectivity index (χ0) is 19.1. The van der Waals surface area contributed by atoms with E-state index in [1.807, 2.05) is 24.4 Å². The molecule has 7 heteroatoms. The first-order valence-electron chi connectivity index (χ1n) is 9.43. The summed E-state index contributed by atoms with van der Waals surface area (Å²) in [5, 5.41) is 12.0. The van der Waals surface area contributed by atoms with Crippen LogP contribution >= 0.6 is 0 Å². The molecular weight excluding hydrogens is 344 g/mol. The average molecular weight is 370 g/mol. The summed E-state index contributed by atoms with van der Waals surface area (Å²) in [5.41, 5.74) is 1.31. The third kappa shape index (κ3) is 5.32. The molecule has 0 radical (unpaired) electrons. The Labute approximate surface area is 159 Å². The number of urea groups is 1. The quantitative estimate of drug-likeness (QED) is 0.784. The van der Waals surface area contributed by atoms with E-state index in [1.54, 1.807) is 11.1 Å². The van der Waals surface area contributed by atoms with E-state index in [4.69, 9.17) is 5.11 Å². The van der Waals surface area contributed by atoms with E-state index >= 15 is 0 Å². The van der Waals surface area contributed by atoms with Gasteiger partial charge in [-0.05, 0) is 31.2 Å². The summed E-state index contributed by atoms with van der Waals surface area (Å²) in [6, 6.07) is 10.1. The van der Waals surface area contributed by atoms with Crippen molar-refractivity contribution in [1.82, 2.24) is 19.8 Å². The van der Waals surface area contributed by atoms with Gasteiger partial charge in [-0.1, -0.05) is 30.3 Å².